The van der Waals surface area contributed by atoms with Gasteiger partial charge in [-0.25, -0.2) is 0 Å². The summed E-state index contributed by atoms with van der Waals surface area (Å²) in [5.74, 6) is 0. The zero-order chi connectivity index (χ0) is 14.1. The molecule has 0 saturated carbocycles. The van der Waals surface area contributed by atoms with E-state index in [4.69, 9.17) is 5.73 Å². The summed E-state index contributed by atoms with van der Waals surface area (Å²) >= 11 is 0. The molecule has 1 aromatic carbocycles. The molecule has 0 saturated heterocycles. The number of benzene rings is 1. The Morgan fingerprint density at radius 3 is 2.90 bits per heavy atom. The van der Waals surface area contributed by atoms with E-state index in [1.807, 2.05) is 4.68 Å². The van der Waals surface area contributed by atoms with Gasteiger partial charge in [-0.15, -0.1) is 0 Å². The third kappa shape index (κ3) is 2.26. The van der Waals surface area contributed by atoms with Gasteiger partial charge in [-0.1, -0.05) is 18.2 Å². The van der Waals surface area contributed by atoms with Crippen LogP contribution in [0.4, 0.5) is 11.4 Å². The first-order valence-corrected chi connectivity index (χ1v) is 7.31. The molecule has 4 heteroatoms. The number of aromatic nitrogens is 2. The average Bonchev–Trinajstić information content (AvgIpc) is 2.81. The van der Waals surface area contributed by atoms with Crippen LogP contribution in [-0.2, 0) is 13.0 Å². The highest BCUT2D eigenvalue weighted by Crippen LogP contribution is 2.29. The predicted octanol–water partition coefficient (Wildman–Crippen LogP) is 3.00. The third-order valence-electron chi connectivity index (χ3n) is 3.97. The van der Waals surface area contributed by atoms with E-state index in [1.165, 1.54) is 24.1 Å². The molecule has 0 spiro atoms. The summed E-state index contributed by atoms with van der Waals surface area (Å²) < 4.78 is 2.03. The van der Waals surface area contributed by atoms with Crippen molar-refractivity contribution in [3.8, 4) is 0 Å². The van der Waals surface area contributed by atoms with E-state index in [0.29, 0.717) is 6.04 Å². The summed E-state index contributed by atoms with van der Waals surface area (Å²) in [4.78, 5) is 2.42. The Morgan fingerprint density at radius 1 is 1.30 bits per heavy atom. The van der Waals surface area contributed by atoms with E-state index >= 15 is 0 Å². The minimum absolute atomic E-state index is 0.335. The lowest BCUT2D eigenvalue weighted by atomic mass is 10.0. The Hall–Kier alpha value is -1.97. The Balaban J connectivity index is 1.91. The molecule has 1 aromatic heterocycles. The molecule has 3 rings (SSSR count). The fourth-order valence-electron chi connectivity index (χ4n) is 2.97. The largest absolute Gasteiger partial charge is 0.396 e. The van der Waals surface area contributed by atoms with Gasteiger partial charge in [-0.05, 0) is 38.3 Å². The van der Waals surface area contributed by atoms with Crippen LogP contribution in [0.3, 0.4) is 0 Å². The lowest BCUT2D eigenvalue weighted by Crippen LogP contribution is -2.30. The second-order valence-electron chi connectivity index (χ2n) is 5.74. The van der Waals surface area contributed by atoms with Gasteiger partial charge in [0.15, 0.2) is 0 Å². The first kappa shape index (κ1) is 13.0. The van der Waals surface area contributed by atoms with Crippen molar-refractivity contribution in [1.29, 1.82) is 0 Å². The topological polar surface area (TPSA) is 47.1 Å². The molecule has 0 bridgehead atoms. The summed E-state index contributed by atoms with van der Waals surface area (Å²) in [5, 5.41) is 4.40. The highest BCUT2D eigenvalue weighted by Gasteiger charge is 2.20. The summed E-state index contributed by atoms with van der Waals surface area (Å²) in [6.07, 6.45) is 4.14. The fraction of sp³-hybridized carbons (Fsp3) is 0.438. The quantitative estimate of drug-likeness (QED) is 0.932. The molecule has 4 nitrogen and oxygen atoms in total. The van der Waals surface area contributed by atoms with Gasteiger partial charge >= 0.3 is 0 Å². The minimum atomic E-state index is 0.335. The van der Waals surface area contributed by atoms with Gasteiger partial charge in [0.05, 0.1) is 24.1 Å². The van der Waals surface area contributed by atoms with E-state index in [0.717, 1.165) is 24.5 Å². The van der Waals surface area contributed by atoms with Crippen LogP contribution in [0.25, 0.3) is 0 Å². The minimum Gasteiger partial charge on any atom is -0.396 e. The van der Waals surface area contributed by atoms with Crippen LogP contribution in [0.5, 0.6) is 0 Å². The van der Waals surface area contributed by atoms with Crippen molar-refractivity contribution in [2.24, 2.45) is 0 Å². The van der Waals surface area contributed by atoms with E-state index in [9.17, 15) is 0 Å². The highest BCUT2D eigenvalue weighted by atomic mass is 15.3. The van der Waals surface area contributed by atoms with Gasteiger partial charge in [-0.3, -0.25) is 4.68 Å². The number of nitrogen functional groups attached to an aromatic ring is 1. The summed E-state index contributed by atoms with van der Waals surface area (Å²) in [5.41, 5.74) is 10.8. The molecule has 0 radical (unpaired) electrons. The average molecular weight is 270 g/mol. The molecule has 2 N–H and O–H groups in total. The number of hydrogen-bond acceptors (Lipinski definition) is 3. The Kier molecular flexibility index (Phi) is 3.38. The fourth-order valence-corrected chi connectivity index (χ4v) is 2.97. The molecule has 1 aliphatic rings. The predicted molar refractivity (Wildman–Crippen MR) is 82.8 cm³/mol. The van der Waals surface area contributed by atoms with Crippen molar-refractivity contribution in [1.82, 2.24) is 9.78 Å². The zero-order valence-electron chi connectivity index (χ0n) is 12.2. The Morgan fingerprint density at radius 2 is 2.10 bits per heavy atom. The van der Waals surface area contributed by atoms with E-state index in [2.05, 4.69) is 48.1 Å². The standard InChI is InChI=1S/C16H22N4/c1-12(2)20-16(14(17)10-18-20)11-19-9-5-7-13-6-3-4-8-15(13)19/h3-4,6,8,10,12H,5,7,9,11,17H2,1-2H3. The van der Waals surface area contributed by atoms with Crippen LogP contribution in [0, 0.1) is 0 Å². The van der Waals surface area contributed by atoms with Crippen LogP contribution in [0.1, 0.15) is 37.6 Å². The van der Waals surface area contributed by atoms with E-state index in [1.54, 1.807) is 6.20 Å². The number of para-hydroxylation sites is 1. The molecule has 20 heavy (non-hydrogen) atoms. The van der Waals surface area contributed by atoms with Gasteiger partial charge < -0.3 is 10.6 Å². The smallest absolute Gasteiger partial charge is 0.0809 e. The number of nitrogens with zero attached hydrogens (tertiary/aromatic N) is 3. The number of rotatable bonds is 3. The maximum Gasteiger partial charge on any atom is 0.0809 e. The van der Waals surface area contributed by atoms with Crippen molar-refractivity contribution in [3.05, 3.63) is 41.7 Å². The molecule has 0 atom stereocenters. The molecule has 2 heterocycles. The van der Waals surface area contributed by atoms with Crippen molar-refractivity contribution < 1.29 is 0 Å². The molecule has 0 amide bonds. The van der Waals surface area contributed by atoms with Crippen LogP contribution in [-0.4, -0.2) is 16.3 Å². The molecule has 1 aliphatic heterocycles. The molecule has 0 unspecified atom stereocenters. The molecular formula is C16H22N4. The molecular weight excluding hydrogens is 248 g/mol. The van der Waals surface area contributed by atoms with Crippen molar-refractivity contribution >= 4 is 11.4 Å². The summed E-state index contributed by atoms with van der Waals surface area (Å²) in [7, 11) is 0. The summed E-state index contributed by atoms with van der Waals surface area (Å²) in [6, 6.07) is 9.00. The number of fused-ring (bicyclic) bond motifs is 1. The number of aryl methyl sites for hydroxylation is 1. The Labute approximate surface area is 120 Å². The lowest BCUT2D eigenvalue weighted by molar-refractivity contribution is 0.503. The van der Waals surface area contributed by atoms with E-state index < -0.39 is 0 Å². The zero-order valence-corrected chi connectivity index (χ0v) is 12.2. The van der Waals surface area contributed by atoms with E-state index in [-0.39, 0.29) is 0 Å². The van der Waals surface area contributed by atoms with Crippen LogP contribution in [0.15, 0.2) is 30.5 Å². The third-order valence-corrected chi connectivity index (χ3v) is 3.97. The second-order valence-corrected chi connectivity index (χ2v) is 5.74. The molecule has 0 fully saturated rings. The number of nitrogens with two attached hydrogens (primary N) is 1. The van der Waals surface area contributed by atoms with Gasteiger partial charge in [0.1, 0.15) is 0 Å². The monoisotopic (exact) mass is 270 g/mol. The maximum atomic E-state index is 6.11. The van der Waals surface area contributed by atoms with Crippen LogP contribution in [0.2, 0.25) is 0 Å². The lowest BCUT2D eigenvalue weighted by Gasteiger charge is -2.31. The molecule has 0 aliphatic carbocycles. The SMILES string of the molecule is CC(C)n1ncc(N)c1CN1CCCc2ccccc21. The Bertz CT molecular complexity index is 600. The van der Waals surface area contributed by atoms with Crippen molar-refractivity contribution in [2.45, 2.75) is 39.3 Å². The number of hydrogen-bond donors (Lipinski definition) is 1. The van der Waals surface area contributed by atoms with Crippen LogP contribution < -0.4 is 10.6 Å². The second kappa shape index (κ2) is 5.19. The van der Waals surface area contributed by atoms with Crippen molar-refractivity contribution in [3.63, 3.8) is 0 Å². The van der Waals surface area contributed by atoms with Gasteiger partial charge in [0.2, 0.25) is 0 Å². The van der Waals surface area contributed by atoms with Gasteiger partial charge in [-0.2, -0.15) is 5.10 Å². The first-order chi connectivity index (χ1) is 9.66. The van der Waals surface area contributed by atoms with Crippen molar-refractivity contribution in [2.75, 3.05) is 17.2 Å². The summed E-state index contributed by atoms with van der Waals surface area (Å²) in [6.45, 7) is 6.20. The first-order valence-electron chi connectivity index (χ1n) is 7.31. The number of anilines is 2. The van der Waals surface area contributed by atoms with Gasteiger partial charge in [0.25, 0.3) is 0 Å². The molecule has 2 aromatic rings. The molecule has 106 valence electrons. The highest BCUT2D eigenvalue weighted by molar-refractivity contribution is 5.56. The maximum absolute atomic E-state index is 6.11. The normalized spacial score (nSPS) is 14.7. The van der Waals surface area contributed by atoms with Gasteiger partial charge in [0, 0.05) is 18.3 Å². The van der Waals surface area contributed by atoms with Crippen LogP contribution >= 0.6 is 0 Å².